The van der Waals surface area contributed by atoms with Crippen LogP contribution in [0, 0.1) is 0 Å². The van der Waals surface area contributed by atoms with Gasteiger partial charge in [-0.05, 0) is 61.0 Å². The van der Waals surface area contributed by atoms with E-state index in [-0.39, 0.29) is 28.7 Å². The average molecular weight is 443 g/mol. The first-order chi connectivity index (χ1) is 14.9. The molecule has 162 valence electrons. The predicted molar refractivity (Wildman–Crippen MR) is 115 cm³/mol. The van der Waals surface area contributed by atoms with Gasteiger partial charge in [-0.3, -0.25) is 14.5 Å². The molecule has 8 nitrogen and oxygen atoms in total. The molecule has 1 aromatic heterocycles. The summed E-state index contributed by atoms with van der Waals surface area (Å²) in [4.78, 5) is 38.0. The highest BCUT2D eigenvalue weighted by atomic mass is 32.2. The van der Waals surface area contributed by atoms with Crippen molar-refractivity contribution in [3.8, 4) is 11.5 Å². The molecule has 3 rings (SSSR count). The molecule has 2 amide bonds. The lowest BCUT2D eigenvalue weighted by Gasteiger charge is -2.11. The van der Waals surface area contributed by atoms with E-state index in [4.69, 9.17) is 9.15 Å². The Morgan fingerprint density at radius 1 is 1.32 bits per heavy atom. The lowest BCUT2D eigenvalue weighted by atomic mass is 10.1. The molecule has 31 heavy (non-hydrogen) atoms. The molecule has 0 spiro atoms. The zero-order chi connectivity index (χ0) is 22.5. The molecule has 0 saturated carbocycles. The highest BCUT2D eigenvalue weighted by Crippen LogP contribution is 2.37. The van der Waals surface area contributed by atoms with Crippen LogP contribution in [0.5, 0.6) is 11.5 Å². The van der Waals surface area contributed by atoms with Crippen molar-refractivity contribution in [1.29, 1.82) is 0 Å². The molecular formula is C22H21NO7S. The van der Waals surface area contributed by atoms with Crippen molar-refractivity contribution in [3.63, 3.8) is 0 Å². The Kier molecular flexibility index (Phi) is 6.86. The number of thioether (sulfide) groups is 1. The third-order valence-corrected chi connectivity index (χ3v) is 5.28. The zero-order valence-corrected chi connectivity index (χ0v) is 17.9. The summed E-state index contributed by atoms with van der Waals surface area (Å²) in [5.41, 5.74) is 1.20. The van der Waals surface area contributed by atoms with Crippen molar-refractivity contribution in [2.24, 2.45) is 0 Å². The maximum absolute atomic E-state index is 12.8. The van der Waals surface area contributed by atoms with Gasteiger partial charge in [0.05, 0.1) is 25.2 Å². The fourth-order valence-corrected chi connectivity index (χ4v) is 3.80. The molecular weight excluding hydrogens is 422 g/mol. The number of benzene rings is 1. The van der Waals surface area contributed by atoms with Crippen molar-refractivity contribution >= 4 is 35.0 Å². The second kappa shape index (κ2) is 9.57. The van der Waals surface area contributed by atoms with Gasteiger partial charge in [0.15, 0.2) is 11.5 Å². The van der Waals surface area contributed by atoms with Gasteiger partial charge in [-0.1, -0.05) is 6.08 Å². The Morgan fingerprint density at radius 3 is 2.77 bits per heavy atom. The number of nitrogens with zero attached hydrogens (tertiary/aromatic N) is 1. The van der Waals surface area contributed by atoms with Crippen molar-refractivity contribution in [2.75, 3.05) is 13.7 Å². The SMILES string of the molecule is C=CCc1cc(C=C2SC(=O)N(Cc3ccc(C(=O)OC)o3)C2=O)cc(OCC)c1O. The van der Waals surface area contributed by atoms with Crippen molar-refractivity contribution in [2.45, 2.75) is 19.9 Å². The minimum absolute atomic E-state index is 0.0118. The summed E-state index contributed by atoms with van der Waals surface area (Å²) < 4.78 is 15.4. The van der Waals surface area contributed by atoms with Gasteiger partial charge in [0.25, 0.3) is 11.1 Å². The summed E-state index contributed by atoms with van der Waals surface area (Å²) in [6.07, 6.45) is 3.63. The lowest BCUT2D eigenvalue weighted by molar-refractivity contribution is -0.123. The second-order valence-corrected chi connectivity index (χ2v) is 7.47. The summed E-state index contributed by atoms with van der Waals surface area (Å²) in [6.45, 7) is 5.73. The summed E-state index contributed by atoms with van der Waals surface area (Å²) in [5.74, 6) is -0.553. The molecule has 0 unspecified atom stereocenters. The third-order valence-electron chi connectivity index (χ3n) is 4.37. The minimum Gasteiger partial charge on any atom is -0.504 e. The topological polar surface area (TPSA) is 106 Å². The number of imide groups is 1. The van der Waals surface area contributed by atoms with Crippen LogP contribution in [0.1, 0.15) is 34.4 Å². The summed E-state index contributed by atoms with van der Waals surface area (Å²) in [7, 11) is 1.23. The van der Waals surface area contributed by atoms with Crippen molar-refractivity contribution < 1.29 is 33.4 Å². The zero-order valence-electron chi connectivity index (χ0n) is 17.0. The number of aromatic hydroxyl groups is 1. The molecule has 1 aromatic carbocycles. The highest BCUT2D eigenvalue weighted by molar-refractivity contribution is 8.18. The third kappa shape index (κ3) is 4.83. The number of rotatable bonds is 8. The van der Waals surface area contributed by atoms with Gasteiger partial charge in [0, 0.05) is 5.56 Å². The minimum atomic E-state index is -0.645. The molecule has 0 aliphatic carbocycles. The van der Waals surface area contributed by atoms with E-state index in [2.05, 4.69) is 11.3 Å². The molecule has 2 aromatic rings. The number of phenols is 1. The number of furan rings is 1. The first-order valence-corrected chi connectivity index (χ1v) is 10.2. The molecule has 1 N–H and O–H groups in total. The van der Waals surface area contributed by atoms with Crippen LogP contribution in [0.2, 0.25) is 0 Å². The smallest absolute Gasteiger partial charge is 0.373 e. The van der Waals surface area contributed by atoms with Gasteiger partial charge >= 0.3 is 5.97 Å². The van der Waals surface area contributed by atoms with E-state index in [1.807, 2.05) is 0 Å². The summed E-state index contributed by atoms with van der Waals surface area (Å²) >= 11 is 0.798. The van der Waals surface area contributed by atoms with Gasteiger partial charge in [0.2, 0.25) is 5.76 Å². The van der Waals surface area contributed by atoms with Crippen LogP contribution in [-0.4, -0.2) is 40.8 Å². The van der Waals surface area contributed by atoms with Gasteiger partial charge in [-0.15, -0.1) is 6.58 Å². The summed E-state index contributed by atoms with van der Waals surface area (Å²) in [5, 5.41) is 9.87. The van der Waals surface area contributed by atoms with E-state index in [9.17, 15) is 19.5 Å². The molecule has 0 radical (unpaired) electrons. The molecule has 1 fully saturated rings. The van der Waals surface area contributed by atoms with Crippen molar-refractivity contribution in [3.05, 3.63) is 64.5 Å². The standard InChI is InChI=1S/C22H21NO7S/c1-4-6-14-9-13(10-17(19(14)24)29-5-2)11-18-20(25)23(22(27)31-18)12-15-7-8-16(30-15)21(26)28-3/h4,7-11,24H,1,5-6,12H2,2-3H3. The van der Waals surface area contributed by atoms with Gasteiger partial charge in [-0.2, -0.15) is 0 Å². The molecule has 1 aliphatic rings. The van der Waals surface area contributed by atoms with Crippen LogP contribution < -0.4 is 4.74 Å². The number of carbonyl (C=O) groups excluding carboxylic acids is 3. The maximum atomic E-state index is 12.8. The highest BCUT2D eigenvalue weighted by Gasteiger charge is 2.36. The molecule has 0 atom stereocenters. The fraction of sp³-hybridized carbons (Fsp3) is 0.227. The Hall–Kier alpha value is -3.46. The van der Waals surface area contributed by atoms with E-state index in [1.165, 1.54) is 19.2 Å². The molecule has 9 heteroatoms. The van der Waals surface area contributed by atoms with Gasteiger partial charge < -0.3 is 19.0 Å². The normalized spacial score (nSPS) is 14.9. The van der Waals surface area contributed by atoms with Crippen LogP contribution in [0.3, 0.4) is 0 Å². The predicted octanol–water partition coefficient (Wildman–Crippen LogP) is 4.14. The number of hydrogen-bond donors (Lipinski definition) is 1. The van der Waals surface area contributed by atoms with Crippen LogP contribution in [0.25, 0.3) is 6.08 Å². The van der Waals surface area contributed by atoms with Crippen LogP contribution in [-0.2, 0) is 22.5 Å². The number of carbonyl (C=O) groups is 3. The van der Waals surface area contributed by atoms with Gasteiger partial charge in [-0.25, -0.2) is 4.79 Å². The van der Waals surface area contributed by atoms with Crippen LogP contribution in [0.4, 0.5) is 4.79 Å². The van der Waals surface area contributed by atoms with Crippen LogP contribution in [0.15, 0.2) is 46.2 Å². The number of methoxy groups -OCH3 is 1. The van der Waals surface area contributed by atoms with Crippen LogP contribution >= 0.6 is 11.8 Å². The van der Waals surface area contributed by atoms with Gasteiger partial charge in [0.1, 0.15) is 5.76 Å². The number of esters is 1. The first kappa shape index (κ1) is 22.2. The molecule has 2 heterocycles. The summed E-state index contributed by atoms with van der Waals surface area (Å²) in [6, 6.07) is 6.25. The Labute approximate surface area is 183 Å². The monoisotopic (exact) mass is 443 g/mol. The Bertz CT molecular complexity index is 1070. The molecule has 0 bridgehead atoms. The van der Waals surface area contributed by atoms with E-state index in [0.717, 1.165) is 16.7 Å². The Morgan fingerprint density at radius 2 is 2.10 bits per heavy atom. The molecule has 1 saturated heterocycles. The fourth-order valence-electron chi connectivity index (χ4n) is 2.97. The van der Waals surface area contributed by atoms with E-state index >= 15 is 0 Å². The Balaban J connectivity index is 1.85. The quantitative estimate of drug-likeness (QED) is 0.369. The number of amides is 2. The number of ether oxygens (including phenoxy) is 2. The number of allylic oxidation sites excluding steroid dienone is 1. The first-order valence-electron chi connectivity index (χ1n) is 9.39. The lowest BCUT2D eigenvalue weighted by Crippen LogP contribution is -2.27. The number of hydrogen-bond acceptors (Lipinski definition) is 8. The number of phenolic OH excluding ortho intramolecular Hbond substituents is 1. The average Bonchev–Trinajstić information content (AvgIpc) is 3.32. The van der Waals surface area contributed by atoms with E-state index in [0.29, 0.717) is 29.9 Å². The van der Waals surface area contributed by atoms with E-state index in [1.54, 1.807) is 31.2 Å². The van der Waals surface area contributed by atoms with E-state index < -0.39 is 17.1 Å². The molecule has 1 aliphatic heterocycles. The van der Waals surface area contributed by atoms with Crippen molar-refractivity contribution in [1.82, 2.24) is 4.90 Å². The second-order valence-electron chi connectivity index (χ2n) is 6.48. The largest absolute Gasteiger partial charge is 0.504 e. The maximum Gasteiger partial charge on any atom is 0.373 e.